The van der Waals surface area contributed by atoms with Gasteiger partial charge in [-0.15, -0.1) is 0 Å². The minimum Gasteiger partial charge on any atom is -0.297 e. The van der Waals surface area contributed by atoms with Crippen LogP contribution >= 0.6 is 11.6 Å². The summed E-state index contributed by atoms with van der Waals surface area (Å²) in [6, 6.07) is 0.755. The molecule has 0 saturated heterocycles. The number of hydrogen-bond acceptors (Lipinski definition) is 2. The Labute approximate surface area is 78.2 Å². The van der Waals surface area contributed by atoms with Crippen LogP contribution in [-0.2, 0) is 4.79 Å². The predicted octanol–water partition coefficient (Wildman–Crippen LogP) is 1.79. The molecule has 0 atom stereocenters. The van der Waals surface area contributed by atoms with E-state index >= 15 is 0 Å². The summed E-state index contributed by atoms with van der Waals surface area (Å²) in [5, 5.41) is -0.387. The van der Waals surface area contributed by atoms with E-state index < -0.39 is 0 Å². The van der Waals surface area contributed by atoms with E-state index in [-0.39, 0.29) is 5.24 Å². The highest BCUT2D eigenvalue weighted by Gasteiger charge is 2.26. The van der Waals surface area contributed by atoms with Crippen LogP contribution in [0.1, 0.15) is 19.8 Å². The van der Waals surface area contributed by atoms with Crippen LogP contribution < -0.4 is 0 Å². The zero-order chi connectivity index (χ0) is 8.97. The summed E-state index contributed by atoms with van der Waals surface area (Å²) in [6.45, 7) is 4.03. The van der Waals surface area contributed by atoms with Gasteiger partial charge in [0.1, 0.15) is 0 Å². The van der Waals surface area contributed by atoms with Crippen LogP contribution in [0.25, 0.3) is 0 Å². The molecule has 68 valence electrons. The molecule has 0 bridgehead atoms. The highest BCUT2D eigenvalue weighted by atomic mass is 35.5. The molecule has 0 unspecified atom stereocenters. The first-order valence-corrected chi connectivity index (χ1v) is 4.72. The second kappa shape index (κ2) is 4.63. The standard InChI is InChI=1S/C9H14ClNO/c1-2-11(8-5-6-8)7-3-4-9(10)12/h3-4,8H,2,5-7H2,1H3/b4-3+. The van der Waals surface area contributed by atoms with Gasteiger partial charge in [-0.2, -0.15) is 0 Å². The van der Waals surface area contributed by atoms with Crippen molar-refractivity contribution in [3.8, 4) is 0 Å². The molecule has 12 heavy (non-hydrogen) atoms. The smallest absolute Gasteiger partial charge is 0.244 e. The third-order valence-corrected chi connectivity index (χ3v) is 2.18. The number of allylic oxidation sites excluding steroid dienone is 1. The molecule has 1 aliphatic rings. The molecular formula is C9H14ClNO. The van der Waals surface area contributed by atoms with Gasteiger partial charge in [-0.25, -0.2) is 0 Å². The van der Waals surface area contributed by atoms with Crippen LogP contribution in [-0.4, -0.2) is 29.3 Å². The Morgan fingerprint density at radius 2 is 2.33 bits per heavy atom. The minimum atomic E-state index is -0.387. The molecule has 1 fully saturated rings. The third-order valence-electron chi connectivity index (χ3n) is 2.06. The molecule has 0 aromatic rings. The van der Waals surface area contributed by atoms with Crippen LogP contribution in [0.5, 0.6) is 0 Å². The minimum absolute atomic E-state index is 0.387. The second-order valence-corrected chi connectivity index (χ2v) is 3.40. The van der Waals surface area contributed by atoms with E-state index in [2.05, 4.69) is 11.8 Å². The van der Waals surface area contributed by atoms with Crippen molar-refractivity contribution in [2.24, 2.45) is 0 Å². The van der Waals surface area contributed by atoms with E-state index in [1.807, 2.05) is 6.08 Å². The molecule has 2 nitrogen and oxygen atoms in total. The normalized spacial score (nSPS) is 17.6. The van der Waals surface area contributed by atoms with Crippen molar-refractivity contribution in [2.45, 2.75) is 25.8 Å². The van der Waals surface area contributed by atoms with Gasteiger partial charge in [-0.1, -0.05) is 13.0 Å². The Bertz CT molecular complexity index is 187. The molecule has 0 aromatic carbocycles. The molecule has 1 aliphatic carbocycles. The van der Waals surface area contributed by atoms with Gasteiger partial charge in [-0.05, 0) is 37.1 Å². The Kier molecular flexibility index (Phi) is 3.76. The maximum absolute atomic E-state index is 10.4. The predicted molar refractivity (Wildman–Crippen MR) is 50.3 cm³/mol. The van der Waals surface area contributed by atoms with Gasteiger partial charge in [-0.3, -0.25) is 9.69 Å². The fourth-order valence-electron chi connectivity index (χ4n) is 1.26. The lowest BCUT2D eigenvalue weighted by Crippen LogP contribution is -2.25. The van der Waals surface area contributed by atoms with E-state index in [0.717, 1.165) is 19.1 Å². The lowest BCUT2D eigenvalue weighted by atomic mass is 10.4. The second-order valence-electron chi connectivity index (χ2n) is 3.03. The summed E-state index contributed by atoms with van der Waals surface area (Å²) in [4.78, 5) is 12.7. The monoisotopic (exact) mass is 187 g/mol. The van der Waals surface area contributed by atoms with Crippen molar-refractivity contribution in [3.05, 3.63) is 12.2 Å². The van der Waals surface area contributed by atoms with Gasteiger partial charge in [0.2, 0.25) is 5.24 Å². The molecule has 1 saturated carbocycles. The lowest BCUT2D eigenvalue weighted by molar-refractivity contribution is -0.107. The number of carbonyl (C=O) groups excluding carboxylic acids is 1. The zero-order valence-electron chi connectivity index (χ0n) is 7.29. The molecule has 3 heteroatoms. The Morgan fingerprint density at radius 1 is 1.67 bits per heavy atom. The van der Waals surface area contributed by atoms with Gasteiger partial charge in [0.05, 0.1) is 0 Å². The number of rotatable bonds is 5. The van der Waals surface area contributed by atoms with Gasteiger partial charge in [0.15, 0.2) is 0 Å². The van der Waals surface area contributed by atoms with Crippen LogP contribution in [0.4, 0.5) is 0 Å². The van der Waals surface area contributed by atoms with Crippen molar-refractivity contribution >= 4 is 16.8 Å². The van der Waals surface area contributed by atoms with E-state index in [1.54, 1.807) is 0 Å². The molecular weight excluding hydrogens is 174 g/mol. The van der Waals surface area contributed by atoms with E-state index in [1.165, 1.54) is 18.9 Å². The molecule has 0 N–H and O–H groups in total. The van der Waals surface area contributed by atoms with Crippen molar-refractivity contribution in [2.75, 3.05) is 13.1 Å². The average molecular weight is 188 g/mol. The number of nitrogens with zero attached hydrogens (tertiary/aromatic N) is 1. The highest BCUT2D eigenvalue weighted by molar-refractivity contribution is 6.66. The summed E-state index contributed by atoms with van der Waals surface area (Å²) in [5.74, 6) is 0. The largest absolute Gasteiger partial charge is 0.297 e. The lowest BCUT2D eigenvalue weighted by Gasteiger charge is -2.16. The van der Waals surface area contributed by atoms with Crippen molar-refractivity contribution in [1.82, 2.24) is 4.90 Å². The number of hydrogen-bond donors (Lipinski definition) is 0. The van der Waals surface area contributed by atoms with Crippen LogP contribution in [0, 0.1) is 0 Å². The highest BCUT2D eigenvalue weighted by Crippen LogP contribution is 2.25. The molecule has 0 aliphatic heterocycles. The number of likely N-dealkylation sites (N-methyl/N-ethyl adjacent to an activating group) is 1. The first-order valence-electron chi connectivity index (χ1n) is 4.34. The average Bonchev–Trinajstić information content (AvgIpc) is 2.80. The summed E-state index contributed by atoms with van der Waals surface area (Å²) in [5.41, 5.74) is 0. The van der Waals surface area contributed by atoms with Gasteiger partial charge in [0.25, 0.3) is 0 Å². The summed E-state index contributed by atoms with van der Waals surface area (Å²) in [6.07, 6.45) is 5.86. The quantitative estimate of drug-likeness (QED) is 0.483. The van der Waals surface area contributed by atoms with E-state index in [9.17, 15) is 4.79 Å². The van der Waals surface area contributed by atoms with E-state index in [4.69, 9.17) is 11.6 Å². The van der Waals surface area contributed by atoms with Gasteiger partial charge < -0.3 is 0 Å². The maximum Gasteiger partial charge on any atom is 0.244 e. The summed E-state index contributed by atoms with van der Waals surface area (Å²) < 4.78 is 0. The van der Waals surface area contributed by atoms with Crippen molar-refractivity contribution < 1.29 is 4.79 Å². The fourth-order valence-corrected chi connectivity index (χ4v) is 1.35. The number of carbonyl (C=O) groups is 1. The van der Waals surface area contributed by atoms with Gasteiger partial charge in [0, 0.05) is 12.6 Å². The van der Waals surface area contributed by atoms with Crippen LogP contribution in [0.15, 0.2) is 12.2 Å². The first kappa shape index (κ1) is 9.75. The molecule has 1 rings (SSSR count). The topological polar surface area (TPSA) is 20.3 Å². The Hall–Kier alpha value is -0.340. The molecule has 0 amide bonds. The van der Waals surface area contributed by atoms with Crippen molar-refractivity contribution in [1.29, 1.82) is 0 Å². The zero-order valence-corrected chi connectivity index (χ0v) is 8.05. The summed E-state index contributed by atoms with van der Waals surface area (Å²) in [7, 11) is 0. The SMILES string of the molecule is CCN(C/C=C/C(=O)Cl)C1CC1. The van der Waals surface area contributed by atoms with Crippen molar-refractivity contribution in [3.63, 3.8) is 0 Å². The maximum atomic E-state index is 10.4. The summed E-state index contributed by atoms with van der Waals surface area (Å²) >= 11 is 5.16. The van der Waals surface area contributed by atoms with Crippen LogP contribution in [0.3, 0.4) is 0 Å². The van der Waals surface area contributed by atoms with Gasteiger partial charge >= 0.3 is 0 Å². The number of halogens is 1. The first-order chi connectivity index (χ1) is 5.74. The molecule has 0 spiro atoms. The Balaban J connectivity index is 2.22. The molecule has 0 heterocycles. The fraction of sp³-hybridized carbons (Fsp3) is 0.667. The Morgan fingerprint density at radius 3 is 2.75 bits per heavy atom. The van der Waals surface area contributed by atoms with Crippen LogP contribution in [0.2, 0.25) is 0 Å². The molecule has 0 radical (unpaired) electrons. The third kappa shape index (κ3) is 3.37. The van der Waals surface area contributed by atoms with E-state index in [0.29, 0.717) is 0 Å². The molecule has 0 aromatic heterocycles.